The van der Waals surface area contributed by atoms with E-state index in [0.717, 1.165) is 37.7 Å². The number of piperazine rings is 1. The van der Waals surface area contributed by atoms with Gasteiger partial charge in [-0.15, -0.1) is 10.2 Å². The fraction of sp³-hybridized carbons (Fsp3) is 0.750. The van der Waals surface area contributed by atoms with Gasteiger partial charge in [-0.2, -0.15) is 0 Å². The van der Waals surface area contributed by atoms with Crippen LogP contribution >= 0.6 is 11.3 Å². The van der Waals surface area contributed by atoms with Gasteiger partial charge in [-0.1, -0.05) is 11.3 Å². The van der Waals surface area contributed by atoms with Gasteiger partial charge in [-0.3, -0.25) is 4.90 Å². The van der Waals surface area contributed by atoms with E-state index in [2.05, 4.69) is 27.0 Å². The second kappa shape index (κ2) is 4.20. The average molecular weight is 213 g/mol. The molecule has 78 valence electrons. The maximum Gasteiger partial charge on any atom is 0.203 e. The molecule has 2 heterocycles. The molecule has 0 atom stereocenters. The first-order valence-corrected chi connectivity index (χ1v) is 5.54. The molecule has 0 bridgehead atoms. The zero-order valence-corrected chi connectivity index (χ0v) is 9.13. The van der Waals surface area contributed by atoms with Crippen molar-refractivity contribution in [3.63, 3.8) is 0 Å². The third-order valence-electron chi connectivity index (χ3n) is 2.44. The molecule has 0 aliphatic carbocycles. The first-order chi connectivity index (χ1) is 6.74. The van der Waals surface area contributed by atoms with E-state index in [1.165, 1.54) is 11.3 Å². The maximum atomic E-state index is 5.52. The number of hydrogen-bond donors (Lipinski definition) is 1. The largest absolute Gasteiger partial charge is 0.374 e. The Labute approximate surface area is 87.5 Å². The number of anilines is 1. The lowest BCUT2D eigenvalue weighted by molar-refractivity contribution is 0.148. The Morgan fingerprint density at radius 3 is 2.57 bits per heavy atom. The van der Waals surface area contributed by atoms with Crippen molar-refractivity contribution in [3.8, 4) is 0 Å². The summed E-state index contributed by atoms with van der Waals surface area (Å²) >= 11 is 1.48. The number of nitrogens with two attached hydrogens (primary N) is 1. The standard InChI is InChI=1S/C8H15N5S/c1-12-2-4-13(5-3-12)6-7-10-11-8(9)14-7/h2-6H2,1H3,(H2,9,11). The minimum absolute atomic E-state index is 0.564. The first-order valence-electron chi connectivity index (χ1n) is 4.73. The van der Waals surface area contributed by atoms with Gasteiger partial charge in [0, 0.05) is 26.2 Å². The molecule has 0 unspecified atom stereocenters. The van der Waals surface area contributed by atoms with Crippen molar-refractivity contribution in [3.05, 3.63) is 5.01 Å². The number of hydrogen-bond acceptors (Lipinski definition) is 6. The monoisotopic (exact) mass is 213 g/mol. The highest BCUT2D eigenvalue weighted by molar-refractivity contribution is 7.15. The van der Waals surface area contributed by atoms with Gasteiger partial charge in [0.05, 0.1) is 6.54 Å². The van der Waals surface area contributed by atoms with Crippen LogP contribution in [0.4, 0.5) is 5.13 Å². The molecule has 0 saturated carbocycles. The molecule has 2 N–H and O–H groups in total. The summed E-state index contributed by atoms with van der Waals surface area (Å²) in [7, 11) is 2.15. The van der Waals surface area contributed by atoms with Crippen molar-refractivity contribution in [2.45, 2.75) is 6.54 Å². The second-order valence-electron chi connectivity index (χ2n) is 3.61. The number of nitrogen functional groups attached to an aromatic ring is 1. The van der Waals surface area contributed by atoms with Crippen LogP contribution in [-0.4, -0.2) is 53.2 Å². The van der Waals surface area contributed by atoms with E-state index in [1.807, 2.05) is 0 Å². The summed E-state index contributed by atoms with van der Waals surface area (Å²) in [4.78, 5) is 4.73. The number of rotatable bonds is 2. The number of likely N-dealkylation sites (N-methyl/N-ethyl adjacent to an activating group) is 1. The van der Waals surface area contributed by atoms with Crippen LogP contribution < -0.4 is 5.73 Å². The lowest BCUT2D eigenvalue weighted by Crippen LogP contribution is -2.43. The molecule has 0 spiro atoms. The van der Waals surface area contributed by atoms with Gasteiger partial charge in [0.25, 0.3) is 0 Å². The molecular weight excluding hydrogens is 198 g/mol. The Hall–Kier alpha value is -0.720. The van der Waals surface area contributed by atoms with Crippen LogP contribution in [0.3, 0.4) is 0 Å². The summed E-state index contributed by atoms with van der Waals surface area (Å²) in [5.74, 6) is 0. The lowest BCUT2D eigenvalue weighted by Gasteiger charge is -2.31. The van der Waals surface area contributed by atoms with Gasteiger partial charge in [0.2, 0.25) is 5.13 Å². The summed E-state index contributed by atoms with van der Waals surface area (Å²) in [6.45, 7) is 5.37. The van der Waals surface area contributed by atoms with Gasteiger partial charge in [0.15, 0.2) is 0 Å². The SMILES string of the molecule is CN1CCN(Cc2nnc(N)s2)CC1. The van der Waals surface area contributed by atoms with Crippen molar-refractivity contribution < 1.29 is 0 Å². The molecule has 14 heavy (non-hydrogen) atoms. The van der Waals surface area contributed by atoms with E-state index in [9.17, 15) is 0 Å². The molecule has 1 aromatic rings. The predicted molar refractivity (Wildman–Crippen MR) is 57.1 cm³/mol. The van der Waals surface area contributed by atoms with E-state index >= 15 is 0 Å². The molecule has 2 rings (SSSR count). The van der Waals surface area contributed by atoms with Crippen molar-refractivity contribution in [1.29, 1.82) is 0 Å². The Bertz CT molecular complexity index is 292. The molecule has 1 aromatic heterocycles. The number of aromatic nitrogens is 2. The topological polar surface area (TPSA) is 58.3 Å². The first kappa shape index (κ1) is 9.82. The highest BCUT2D eigenvalue weighted by Crippen LogP contribution is 2.14. The molecule has 6 heteroatoms. The zero-order valence-electron chi connectivity index (χ0n) is 8.31. The highest BCUT2D eigenvalue weighted by Gasteiger charge is 2.15. The van der Waals surface area contributed by atoms with Crippen LogP contribution in [0.5, 0.6) is 0 Å². The summed E-state index contributed by atoms with van der Waals surface area (Å²) < 4.78 is 0. The maximum absolute atomic E-state index is 5.52. The molecular formula is C8H15N5S. The predicted octanol–water partition coefficient (Wildman–Crippen LogP) is -0.132. The minimum Gasteiger partial charge on any atom is -0.374 e. The molecule has 1 aliphatic rings. The third-order valence-corrected chi connectivity index (χ3v) is 3.17. The van der Waals surface area contributed by atoms with Crippen molar-refractivity contribution in [1.82, 2.24) is 20.0 Å². The van der Waals surface area contributed by atoms with E-state index in [1.54, 1.807) is 0 Å². The summed E-state index contributed by atoms with van der Waals surface area (Å²) in [5.41, 5.74) is 5.52. The van der Waals surface area contributed by atoms with Crippen LogP contribution in [0.15, 0.2) is 0 Å². The van der Waals surface area contributed by atoms with Gasteiger partial charge >= 0.3 is 0 Å². The quantitative estimate of drug-likeness (QED) is 0.741. The summed E-state index contributed by atoms with van der Waals surface area (Å²) in [6.07, 6.45) is 0. The van der Waals surface area contributed by atoms with Crippen LogP contribution in [0.1, 0.15) is 5.01 Å². The Kier molecular flexibility index (Phi) is 2.95. The molecule has 1 saturated heterocycles. The number of nitrogens with zero attached hydrogens (tertiary/aromatic N) is 4. The third kappa shape index (κ3) is 2.40. The molecule has 5 nitrogen and oxygen atoms in total. The molecule has 0 radical (unpaired) electrons. The van der Waals surface area contributed by atoms with Crippen LogP contribution in [0.2, 0.25) is 0 Å². The molecule has 1 aliphatic heterocycles. The van der Waals surface area contributed by atoms with Gasteiger partial charge in [-0.05, 0) is 7.05 Å². The normalized spacial score (nSPS) is 20.1. The van der Waals surface area contributed by atoms with E-state index < -0.39 is 0 Å². The van der Waals surface area contributed by atoms with E-state index in [-0.39, 0.29) is 0 Å². The van der Waals surface area contributed by atoms with E-state index in [4.69, 9.17) is 5.73 Å². The minimum atomic E-state index is 0.564. The second-order valence-corrected chi connectivity index (χ2v) is 4.71. The summed E-state index contributed by atoms with van der Waals surface area (Å²) in [6, 6.07) is 0. The smallest absolute Gasteiger partial charge is 0.203 e. The van der Waals surface area contributed by atoms with Crippen molar-refractivity contribution >= 4 is 16.5 Å². The molecule has 0 aromatic carbocycles. The van der Waals surface area contributed by atoms with Crippen LogP contribution in [0.25, 0.3) is 0 Å². The van der Waals surface area contributed by atoms with Crippen molar-refractivity contribution in [2.75, 3.05) is 39.0 Å². The van der Waals surface area contributed by atoms with E-state index in [0.29, 0.717) is 5.13 Å². The Morgan fingerprint density at radius 2 is 2.00 bits per heavy atom. The Morgan fingerprint density at radius 1 is 1.29 bits per heavy atom. The van der Waals surface area contributed by atoms with Crippen molar-refractivity contribution in [2.24, 2.45) is 0 Å². The molecule has 0 amide bonds. The highest BCUT2D eigenvalue weighted by atomic mass is 32.1. The molecule has 1 fully saturated rings. The average Bonchev–Trinajstić information content (AvgIpc) is 2.56. The lowest BCUT2D eigenvalue weighted by atomic mass is 10.3. The van der Waals surface area contributed by atoms with Gasteiger partial charge < -0.3 is 10.6 Å². The fourth-order valence-electron chi connectivity index (χ4n) is 1.53. The Balaban J connectivity index is 1.86. The van der Waals surface area contributed by atoms with Gasteiger partial charge in [-0.25, -0.2) is 0 Å². The van der Waals surface area contributed by atoms with Crippen LogP contribution in [0, 0.1) is 0 Å². The van der Waals surface area contributed by atoms with Crippen LogP contribution in [-0.2, 0) is 6.54 Å². The fourth-order valence-corrected chi connectivity index (χ4v) is 2.18. The van der Waals surface area contributed by atoms with Gasteiger partial charge in [0.1, 0.15) is 5.01 Å². The zero-order chi connectivity index (χ0) is 9.97. The summed E-state index contributed by atoms with van der Waals surface area (Å²) in [5, 5.41) is 9.41.